The molecular formula is C19H16Cl2N2O2. The maximum Gasteiger partial charge on any atom is 0.257 e. The highest BCUT2D eigenvalue weighted by Gasteiger charge is 2.15. The van der Waals surface area contributed by atoms with E-state index in [0.717, 1.165) is 11.1 Å². The van der Waals surface area contributed by atoms with Crippen LogP contribution in [-0.4, -0.2) is 10.5 Å². The third-order valence-electron chi connectivity index (χ3n) is 3.99. The second kappa shape index (κ2) is 7.30. The number of amides is 1. The molecule has 1 aromatic heterocycles. The maximum atomic E-state index is 12.7. The van der Waals surface area contributed by atoms with E-state index in [1.807, 2.05) is 23.6 Å². The Morgan fingerprint density at radius 3 is 2.44 bits per heavy atom. The summed E-state index contributed by atoms with van der Waals surface area (Å²) < 4.78 is 1.87. The summed E-state index contributed by atoms with van der Waals surface area (Å²) in [4.78, 5) is 25.2. The van der Waals surface area contributed by atoms with Crippen LogP contribution in [0.2, 0.25) is 10.0 Å². The van der Waals surface area contributed by atoms with E-state index < -0.39 is 5.91 Å². The molecule has 2 aromatic carbocycles. The summed E-state index contributed by atoms with van der Waals surface area (Å²) in [5.74, 6) is -0.413. The van der Waals surface area contributed by atoms with Gasteiger partial charge < -0.3 is 9.88 Å². The van der Waals surface area contributed by atoms with Crippen LogP contribution < -0.4 is 10.7 Å². The molecule has 0 unspecified atom stereocenters. The average Bonchev–Trinajstić information content (AvgIpc) is 2.61. The first-order chi connectivity index (χ1) is 12.0. The van der Waals surface area contributed by atoms with Gasteiger partial charge in [-0.15, -0.1) is 0 Å². The van der Waals surface area contributed by atoms with Gasteiger partial charge in [0.05, 0.1) is 5.52 Å². The van der Waals surface area contributed by atoms with Crippen LogP contribution in [0.3, 0.4) is 0 Å². The summed E-state index contributed by atoms with van der Waals surface area (Å²) in [6.07, 6.45) is 1.59. The molecule has 4 nitrogen and oxygen atoms in total. The molecule has 1 heterocycles. The SMILES string of the molecule is CCn1cc(C(=O)NCc2ccc(Cl)cc2)c(=O)c2cc(Cl)ccc21. The highest BCUT2D eigenvalue weighted by molar-refractivity contribution is 6.31. The van der Waals surface area contributed by atoms with Gasteiger partial charge in [0.25, 0.3) is 5.91 Å². The van der Waals surface area contributed by atoms with Gasteiger partial charge >= 0.3 is 0 Å². The predicted molar refractivity (Wildman–Crippen MR) is 102 cm³/mol. The zero-order chi connectivity index (χ0) is 18.0. The summed E-state index contributed by atoms with van der Waals surface area (Å²) >= 11 is 11.9. The molecule has 1 N–H and O–H groups in total. The van der Waals surface area contributed by atoms with Crippen molar-refractivity contribution in [3.8, 4) is 0 Å². The van der Waals surface area contributed by atoms with E-state index in [9.17, 15) is 9.59 Å². The van der Waals surface area contributed by atoms with E-state index in [1.165, 1.54) is 0 Å². The van der Waals surface area contributed by atoms with Gasteiger partial charge in [-0.3, -0.25) is 9.59 Å². The lowest BCUT2D eigenvalue weighted by Crippen LogP contribution is -2.29. The van der Waals surface area contributed by atoms with Gasteiger partial charge in [0, 0.05) is 34.7 Å². The first-order valence-electron chi connectivity index (χ1n) is 7.85. The lowest BCUT2D eigenvalue weighted by Gasteiger charge is -2.12. The molecule has 0 radical (unpaired) electrons. The largest absolute Gasteiger partial charge is 0.348 e. The number of nitrogens with zero attached hydrogens (tertiary/aromatic N) is 1. The van der Waals surface area contributed by atoms with Crippen LogP contribution in [0.15, 0.2) is 53.5 Å². The van der Waals surface area contributed by atoms with Crippen molar-refractivity contribution < 1.29 is 4.79 Å². The second-order valence-corrected chi connectivity index (χ2v) is 6.50. The van der Waals surface area contributed by atoms with Gasteiger partial charge in [-0.05, 0) is 42.8 Å². The number of aryl methyl sites for hydroxylation is 1. The standard InChI is InChI=1S/C19H16Cl2N2O2/c1-2-23-11-16(18(24)15-9-14(21)7-8-17(15)23)19(25)22-10-12-3-5-13(20)6-4-12/h3-9,11H,2,10H2,1H3,(H,22,25). The molecule has 0 saturated heterocycles. The molecular weight excluding hydrogens is 359 g/mol. The molecule has 128 valence electrons. The topological polar surface area (TPSA) is 51.1 Å². The lowest BCUT2D eigenvalue weighted by molar-refractivity contribution is 0.0949. The van der Waals surface area contributed by atoms with Crippen molar-refractivity contribution in [1.82, 2.24) is 9.88 Å². The van der Waals surface area contributed by atoms with Gasteiger partial charge in [0.15, 0.2) is 0 Å². The van der Waals surface area contributed by atoms with Crippen LogP contribution in [0.25, 0.3) is 10.9 Å². The molecule has 3 aromatic rings. The molecule has 0 aliphatic heterocycles. The Hall–Kier alpha value is -2.30. The van der Waals surface area contributed by atoms with Gasteiger partial charge in [0.1, 0.15) is 5.56 Å². The molecule has 0 saturated carbocycles. The van der Waals surface area contributed by atoms with Gasteiger partial charge in [-0.2, -0.15) is 0 Å². The van der Waals surface area contributed by atoms with E-state index in [-0.39, 0.29) is 11.0 Å². The zero-order valence-electron chi connectivity index (χ0n) is 13.6. The van der Waals surface area contributed by atoms with E-state index in [0.29, 0.717) is 28.5 Å². The molecule has 0 bridgehead atoms. The van der Waals surface area contributed by atoms with Crippen LogP contribution in [0, 0.1) is 0 Å². The van der Waals surface area contributed by atoms with Gasteiger partial charge in [-0.1, -0.05) is 35.3 Å². The lowest BCUT2D eigenvalue weighted by atomic mass is 10.1. The van der Waals surface area contributed by atoms with Crippen LogP contribution in [-0.2, 0) is 13.1 Å². The Labute approximate surface area is 155 Å². The first kappa shape index (κ1) is 17.5. The fourth-order valence-corrected chi connectivity index (χ4v) is 2.97. The molecule has 0 atom stereocenters. The Morgan fingerprint density at radius 1 is 1.08 bits per heavy atom. The third-order valence-corrected chi connectivity index (χ3v) is 4.48. The second-order valence-electron chi connectivity index (χ2n) is 5.63. The van der Waals surface area contributed by atoms with Crippen molar-refractivity contribution >= 4 is 40.0 Å². The van der Waals surface area contributed by atoms with Crippen LogP contribution in [0.5, 0.6) is 0 Å². The number of hydrogen-bond acceptors (Lipinski definition) is 2. The minimum absolute atomic E-state index is 0.102. The normalized spacial score (nSPS) is 10.8. The summed E-state index contributed by atoms with van der Waals surface area (Å²) in [6.45, 7) is 2.90. The summed E-state index contributed by atoms with van der Waals surface area (Å²) in [7, 11) is 0. The van der Waals surface area contributed by atoms with Crippen molar-refractivity contribution in [3.63, 3.8) is 0 Å². The van der Waals surface area contributed by atoms with Crippen molar-refractivity contribution in [1.29, 1.82) is 0 Å². The van der Waals surface area contributed by atoms with Crippen molar-refractivity contribution in [2.45, 2.75) is 20.0 Å². The Morgan fingerprint density at radius 2 is 1.76 bits per heavy atom. The van der Waals surface area contributed by atoms with E-state index >= 15 is 0 Å². The Bertz CT molecular complexity index is 995. The molecule has 25 heavy (non-hydrogen) atoms. The van der Waals surface area contributed by atoms with Crippen molar-refractivity contribution in [2.24, 2.45) is 0 Å². The highest BCUT2D eigenvalue weighted by atomic mass is 35.5. The minimum atomic E-state index is -0.413. The maximum absolute atomic E-state index is 12.7. The van der Waals surface area contributed by atoms with Gasteiger partial charge in [0.2, 0.25) is 5.43 Å². The number of pyridine rings is 1. The Balaban J connectivity index is 1.94. The molecule has 0 fully saturated rings. The van der Waals surface area contributed by atoms with Crippen molar-refractivity contribution in [3.05, 3.63) is 80.1 Å². The Kier molecular flexibility index (Phi) is 5.11. The number of carbonyl (C=O) groups excluding carboxylic acids is 1. The van der Waals surface area contributed by atoms with Crippen LogP contribution >= 0.6 is 23.2 Å². The molecule has 3 rings (SSSR count). The highest BCUT2D eigenvalue weighted by Crippen LogP contribution is 2.18. The quantitative estimate of drug-likeness (QED) is 0.741. The number of carbonyl (C=O) groups is 1. The molecule has 1 amide bonds. The van der Waals surface area contributed by atoms with E-state index in [4.69, 9.17) is 23.2 Å². The number of halogens is 2. The van der Waals surface area contributed by atoms with Gasteiger partial charge in [-0.25, -0.2) is 0 Å². The van der Waals surface area contributed by atoms with Crippen molar-refractivity contribution in [2.75, 3.05) is 0 Å². The molecule has 6 heteroatoms. The van der Waals surface area contributed by atoms with Crippen LogP contribution in [0.1, 0.15) is 22.8 Å². The van der Waals surface area contributed by atoms with E-state index in [1.54, 1.807) is 36.5 Å². The zero-order valence-corrected chi connectivity index (χ0v) is 15.1. The monoisotopic (exact) mass is 374 g/mol. The first-order valence-corrected chi connectivity index (χ1v) is 8.60. The summed E-state index contributed by atoms with van der Waals surface area (Å²) in [5.41, 5.74) is 1.44. The van der Waals surface area contributed by atoms with Crippen LogP contribution in [0.4, 0.5) is 0 Å². The number of benzene rings is 2. The molecule has 0 aliphatic carbocycles. The molecule has 0 spiro atoms. The molecule has 0 aliphatic rings. The van der Waals surface area contributed by atoms with E-state index in [2.05, 4.69) is 5.32 Å². The number of aromatic nitrogens is 1. The number of rotatable bonds is 4. The summed E-state index contributed by atoms with van der Waals surface area (Å²) in [6, 6.07) is 12.3. The minimum Gasteiger partial charge on any atom is -0.348 e. The summed E-state index contributed by atoms with van der Waals surface area (Å²) in [5, 5.41) is 4.31. The smallest absolute Gasteiger partial charge is 0.257 e. The average molecular weight is 375 g/mol. The third kappa shape index (κ3) is 3.70. The number of nitrogens with one attached hydrogen (secondary N) is 1. The number of hydrogen-bond donors (Lipinski definition) is 1. The predicted octanol–water partition coefficient (Wildman–Crippen LogP) is 4.26. The number of fused-ring (bicyclic) bond motifs is 1. The fourth-order valence-electron chi connectivity index (χ4n) is 2.67. The fraction of sp³-hybridized carbons (Fsp3) is 0.158.